The minimum Gasteiger partial charge on any atom is -0.506 e. The SMILES string of the molecule is CC(=O)Nc1ccc(S(=O)(=O)NC(Cc2cc(Br)c(O)c(Br)c2)C(=O)O)cc1. The Kier molecular flexibility index (Phi) is 7.21. The van der Waals surface area contributed by atoms with Crippen molar-refractivity contribution in [3.63, 3.8) is 0 Å². The molecule has 0 radical (unpaired) electrons. The lowest BCUT2D eigenvalue weighted by Crippen LogP contribution is -2.42. The molecule has 0 fully saturated rings. The topological polar surface area (TPSA) is 133 Å². The second-order valence-corrected chi connectivity index (χ2v) is 9.25. The van der Waals surface area contributed by atoms with Gasteiger partial charge in [-0.15, -0.1) is 0 Å². The normalized spacial score (nSPS) is 12.4. The number of aliphatic carboxylic acids is 1. The molecule has 0 aliphatic heterocycles. The summed E-state index contributed by atoms with van der Waals surface area (Å²) in [7, 11) is -4.11. The second-order valence-electron chi connectivity index (χ2n) is 5.83. The lowest BCUT2D eigenvalue weighted by Gasteiger charge is -2.16. The number of aromatic hydroxyl groups is 1. The average molecular weight is 536 g/mol. The third kappa shape index (κ3) is 5.77. The monoisotopic (exact) mass is 534 g/mol. The number of nitrogens with one attached hydrogen (secondary N) is 2. The maximum atomic E-state index is 12.5. The third-order valence-electron chi connectivity index (χ3n) is 3.60. The van der Waals surface area contributed by atoms with Crippen molar-refractivity contribution < 1.29 is 28.2 Å². The van der Waals surface area contributed by atoms with Crippen molar-refractivity contribution >= 4 is 59.4 Å². The van der Waals surface area contributed by atoms with E-state index >= 15 is 0 Å². The van der Waals surface area contributed by atoms with E-state index in [1.807, 2.05) is 0 Å². The van der Waals surface area contributed by atoms with E-state index in [-0.39, 0.29) is 23.0 Å². The molecule has 2 rings (SSSR count). The molecule has 1 amide bonds. The number of sulfonamides is 1. The number of carbonyl (C=O) groups excluding carboxylic acids is 1. The van der Waals surface area contributed by atoms with Gasteiger partial charge in [0.2, 0.25) is 15.9 Å². The zero-order valence-corrected chi connectivity index (χ0v) is 18.4. The van der Waals surface area contributed by atoms with Gasteiger partial charge in [0.25, 0.3) is 0 Å². The van der Waals surface area contributed by atoms with Gasteiger partial charge in [-0.1, -0.05) is 0 Å². The molecule has 28 heavy (non-hydrogen) atoms. The number of hydrogen-bond donors (Lipinski definition) is 4. The van der Waals surface area contributed by atoms with Gasteiger partial charge in [0.05, 0.1) is 13.8 Å². The van der Waals surface area contributed by atoms with Crippen LogP contribution in [0.25, 0.3) is 0 Å². The van der Waals surface area contributed by atoms with E-state index in [2.05, 4.69) is 41.9 Å². The van der Waals surface area contributed by atoms with Crippen LogP contribution < -0.4 is 10.0 Å². The number of rotatable bonds is 7. The van der Waals surface area contributed by atoms with Gasteiger partial charge in [-0.05, 0) is 80.2 Å². The molecule has 2 aromatic rings. The highest BCUT2D eigenvalue weighted by Crippen LogP contribution is 2.33. The van der Waals surface area contributed by atoms with Gasteiger partial charge in [0.1, 0.15) is 11.8 Å². The fraction of sp³-hybridized carbons (Fsp3) is 0.176. The summed E-state index contributed by atoms with van der Waals surface area (Å²) in [6.07, 6.45) is -0.143. The molecule has 0 saturated carbocycles. The summed E-state index contributed by atoms with van der Waals surface area (Å²) in [4.78, 5) is 22.5. The number of phenols is 1. The predicted octanol–water partition coefficient (Wildman–Crippen LogP) is 2.85. The highest BCUT2D eigenvalue weighted by Gasteiger charge is 2.26. The van der Waals surface area contributed by atoms with Crippen LogP contribution in [0.15, 0.2) is 50.2 Å². The number of carboxylic acids is 1. The average Bonchev–Trinajstić information content (AvgIpc) is 2.58. The first kappa shape index (κ1) is 22.3. The summed E-state index contributed by atoms with van der Waals surface area (Å²) in [5.41, 5.74) is 0.910. The number of carboxylic acid groups (broad SMARTS) is 1. The van der Waals surface area contributed by atoms with Crippen molar-refractivity contribution in [1.82, 2.24) is 4.72 Å². The maximum absolute atomic E-state index is 12.5. The highest BCUT2D eigenvalue weighted by atomic mass is 79.9. The molecule has 4 N–H and O–H groups in total. The molecule has 11 heteroatoms. The Morgan fingerprint density at radius 1 is 1.11 bits per heavy atom. The molecule has 0 saturated heterocycles. The summed E-state index contributed by atoms with van der Waals surface area (Å²) < 4.78 is 27.9. The number of halogens is 2. The van der Waals surface area contributed by atoms with Gasteiger partial charge < -0.3 is 15.5 Å². The molecular weight excluding hydrogens is 520 g/mol. The quantitative estimate of drug-likeness (QED) is 0.431. The molecule has 0 heterocycles. The fourth-order valence-corrected chi connectivity index (χ4v) is 4.80. The Morgan fingerprint density at radius 2 is 1.64 bits per heavy atom. The predicted molar refractivity (Wildman–Crippen MR) is 110 cm³/mol. The Balaban J connectivity index is 2.23. The first-order valence-electron chi connectivity index (χ1n) is 7.79. The van der Waals surface area contributed by atoms with Crippen molar-refractivity contribution in [1.29, 1.82) is 0 Å². The summed E-state index contributed by atoms with van der Waals surface area (Å²) in [5.74, 6) is -1.69. The Hall–Kier alpha value is -1.95. The minimum atomic E-state index is -4.11. The first-order chi connectivity index (χ1) is 13.0. The molecule has 0 aliphatic carbocycles. The standard InChI is InChI=1S/C17H16Br2N2O6S/c1-9(22)20-11-2-4-12(5-3-11)28(26,27)21-15(17(24)25)8-10-6-13(18)16(23)14(19)7-10/h2-7,15,21,23H,8H2,1H3,(H,20,22)(H,24,25). The second kappa shape index (κ2) is 9.03. The van der Waals surface area contributed by atoms with Crippen LogP contribution in [-0.2, 0) is 26.0 Å². The van der Waals surface area contributed by atoms with E-state index in [0.29, 0.717) is 20.2 Å². The molecule has 1 atom stereocenters. The molecule has 0 spiro atoms. The van der Waals surface area contributed by atoms with E-state index in [1.54, 1.807) is 0 Å². The van der Waals surface area contributed by atoms with Crippen molar-refractivity contribution in [2.45, 2.75) is 24.3 Å². The van der Waals surface area contributed by atoms with Gasteiger partial charge in [-0.25, -0.2) is 8.42 Å². The van der Waals surface area contributed by atoms with Crippen molar-refractivity contribution in [2.24, 2.45) is 0 Å². The zero-order chi connectivity index (χ0) is 21.1. The van der Waals surface area contributed by atoms with Crippen LogP contribution in [0, 0.1) is 0 Å². The summed E-state index contributed by atoms with van der Waals surface area (Å²) in [6, 6.07) is 6.92. The van der Waals surface area contributed by atoms with E-state index in [4.69, 9.17) is 0 Å². The molecule has 0 aromatic heterocycles. The van der Waals surface area contributed by atoms with Gasteiger partial charge in [-0.3, -0.25) is 9.59 Å². The molecule has 1 unspecified atom stereocenters. The van der Waals surface area contributed by atoms with Crippen molar-refractivity contribution in [2.75, 3.05) is 5.32 Å². The number of amides is 1. The molecule has 150 valence electrons. The van der Waals surface area contributed by atoms with E-state index < -0.39 is 22.0 Å². The van der Waals surface area contributed by atoms with Crippen LogP contribution >= 0.6 is 31.9 Å². The number of carbonyl (C=O) groups is 2. The Bertz CT molecular complexity index is 986. The maximum Gasteiger partial charge on any atom is 0.322 e. The van der Waals surface area contributed by atoms with E-state index in [0.717, 1.165) is 0 Å². The zero-order valence-electron chi connectivity index (χ0n) is 14.4. The summed E-state index contributed by atoms with van der Waals surface area (Å²) in [5, 5.41) is 21.7. The van der Waals surface area contributed by atoms with Crippen molar-refractivity contribution in [3.8, 4) is 5.75 Å². The third-order valence-corrected chi connectivity index (χ3v) is 6.29. The number of benzene rings is 2. The van der Waals surface area contributed by atoms with Gasteiger partial charge >= 0.3 is 5.97 Å². The molecule has 0 aliphatic rings. The molecule has 0 bridgehead atoms. The van der Waals surface area contributed by atoms with Crippen LogP contribution in [0.3, 0.4) is 0 Å². The Labute approximate surface area is 178 Å². The van der Waals surface area contributed by atoms with Gasteiger partial charge in [0.15, 0.2) is 0 Å². The van der Waals surface area contributed by atoms with Crippen LogP contribution in [0.1, 0.15) is 12.5 Å². The molecule has 8 nitrogen and oxygen atoms in total. The van der Waals surface area contributed by atoms with Crippen LogP contribution in [0.4, 0.5) is 5.69 Å². The number of hydrogen-bond acceptors (Lipinski definition) is 5. The lowest BCUT2D eigenvalue weighted by molar-refractivity contribution is -0.138. The largest absolute Gasteiger partial charge is 0.506 e. The van der Waals surface area contributed by atoms with Crippen LogP contribution in [-0.4, -0.2) is 36.5 Å². The van der Waals surface area contributed by atoms with Crippen LogP contribution in [0.5, 0.6) is 5.75 Å². The molecular formula is C17H16Br2N2O6S. The van der Waals surface area contributed by atoms with Crippen LogP contribution in [0.2, 0.25) is 0 Å². The van der Waals surface area contributed by atoms with Crippen molar-refractivity contribution in [3.05, 3.63) is 50.9 Å². The van der Waals surface area contributed by atoms with Gasteiger partial charge in [0, 0.05) is 12.6 Å². The Morgan fingerprint density at radius 3 is 2.11 bits per heavy atom. The minimum absolute atomic E-state index is 0.0459. The number of anilines is 1. The number of phenolic OH excluding ortho intramolecular Hbond substituents is 1. The highest BCUT2D eigenvalue weighted by molar-refractivity contribution is 9.11. The lowest BCUT2D eigenvalue weighted by atomic mass is 10.1. The summed E-state index contributed by atoms with van der Waals surface area (Å²) >= 11 is 6.30. The fourth-order valence-electron chi connectivity index (χ4n) is 2.33. The van der Waals surface area contributed by atoms with Gasteiger partial charge in [-0.2, -0.15) is 4.72 Å². The summed E-state index contributed by atoms with van der Waals surface area (Å²) in [6.45, 7) is 1.32. The first-order valence-corrected chi connectivity index (χ1v) is 10.9. The smallest absolute Gasteiger partial charge is 0.322 e. The van der Waals surface area contributed by atoms with E-state index in [1.165, 1.54) is 43.3 Å². The van der Waals surface area contributed by atoms with E-state index in [9.17, 15) is 28.2 Å². The molecule has 2 aromatic carbocycles.